The third kappa shape index (κ3) is 4.56. The molecule has 0 atom stereocenters. The van der Waals surface area contributed by atoms with Gasteiger partial charge in [-0.1, -0.05) is 12.1 Å². The van der Waals surface area contributed by atoms with E-state index in [2.05, 4.69) is 10.3 Å². The molecule has 0 saturated heterocycles. The monoisotopic (exact) mass is 320 g/mol. The van der Waals surface area contributed by atoms with E-state index in [1.165, 1.54) is 11.3 Å². The highest BCUT2D eigenvalue weighted by molar-refractivity contribution is 7.13. The zero-order valence-electron chi connectivity index (χ0n) is 12.0. The van der Waals surface area contributed by atoms with E-state index >= 15 is 0 Å². The molecule has 22 heavy (non-hydrogen) atoms. The third-order valence-electron chi connectivity index (χ3n) is 2.87. The van der Waals surface area contributed by atoms with Gasteiger partial charge in [-0.15, -0.1) is 11.3 Å². The van der Waals surface area contributed by atoms with E-state index < -0.39 is 5.97 Å². The third-order valence-corrected chi connectivity index (χ3v) is 3.81. The number of nitrogens with one attached hydrogen (secondary N) is 1. The van der Waals surface area contributed by atoms with Gasteiger partial charge in [0.2, 0.25) is 5.91 Å². The van der Waals surface area contributed by atoms with Crippen molar-refractivity contribution < 1.29 is 19.4 Å². The number of methoxy groups -OCH3 is 1. The number of thiazole rings is 1. The first kappa shape index (κ1) is 16.0. The average molecular weight is 320 g/mol. The summed E-state index contributed by atoms with van der Waals surface area (Å²) in [6, 6.07) is 7.55. The molecule has 0 aliphatic heterocycles. The van der Waals surface area contributed by atoms with E-state index in [1.54, 1.807) is 7.11 Å². The molecule has 2 rings (SSSR count). The van der Waals surface area contributed by atoms with Crippen LogP contribution in [0.2, 0.25) is 0 Å². The highest BCUT2D eigenvalue weighted by atomic mass is 32.1. The fourth-order valence-electron chi connectivity index (χ4n) is 1.81. The Bertz CT molecular complexity index is 669. The number of benzene rings is 1. The molecule has 0 spiro atoms. The standard InChI is InChI=1S/C15H16N2O4S/c1-21-12-4-2-3-10(7-12)15-17-11(9-22-15)8-13(18)16-6-5-14(19)20/h2-4,7,9H,5-6,8H2,1H3,(H,16,18)(H,19,20). The van der Waals surface area contributed by atoms with Crippen molar-refractivity contribution in [2.75, 3.05) is 13.7 Å². The van der Waals surface area contributed by atoms with Crippen molar-refractivity contribution in [1.29, 1.82) is 0 Å². The Morgan fingerprint density at radius 1 is 1.41 bits per heavy atom. The minimum atomic E-state index is -0.936. The molecule has 2 aromatic rings. The van der Waals surface area contributed by atoms with E-state index in [0.29, 0.717) is 5.69 Å². The molecular formula is C15H16N2O4S. The second-order valence-corrected chi connectivity index (χ2v) is 5.40. The van der Waals surface area contributed by atoms with Crippen LogP contribution in [0.4, 0.5) is 0 Å². The van der Waals surface area contributed by atoms with Crippen molar-refractivity contribution in [1.82, 2.24) is 10.3 Å². The summed E-state index contributed by atoms with van der Waals surface area (Å²) in [7, 11) is 1.61. The van der Waals surface area contributed by atoms with Gasteiger partial charge < -0.3 is 15.2 Å². The minimum absolute atomic E-state index is 0.0855. The summed E-state index contributed by atoms with van der Waals surface area (Å²) in [6.07, 6.45) is 0.0535. The predicted molar refractivity (Wildman–Crippen MR) is 83.1 cm³/mol. The molecule has 116 valence electrons. The molecule has 0 aliphatic rings. The number of aromatic nitrogens is 1. The van der Waals surface area contributed by atoms with Gasteiger partial charge in [0.05, 0.1) is 25.6 Å². The van der Waals surface area contributed by atoms with Crippen molar-refractivity contribution >= 4 is 23.2 Å². The van der Waals surface area contributed by atoms with Crippen LogP contribution in [-0.2, 0) is 16.0 Å². The lowest BCUT2D eigenvalue weighted by atomic mass is 10.2. The van der Waals surface area contributed by atoms with Crippen molar-refractivity contribution in [2.45, 2.75) is 12.8 Å². The normalized spacial score (nSPS) is 10.2. The van der Waals surface area contributed by atoms with Crippen LogP contribution in [0.25, 0.3) is 10.6 Å². The maximum atomic E-state index is 11.7. The van der Waals surface area contributed by atoms with Gasteiger partial charge >= 0.3 is 5.97 Å². The first-order chi connectivity index (χ1) is 10.6. The largest absolute Gasteiger partial charge is 0.497 e. The summed E-state index contributed by atoms with van der Waals surface area (Å²) in [6.45, 7) is 0.126. The van der Waals surface area contributed by atoms with Crippen molar-refractivity contribution in [3.8, 4) is 16.3 Å². The summed E-state index contributed by atoms with van der Waals surface area (Å²) in [4.78, 5) is 26.5. The van der Waals surface area contributed by atoms with Gasteiger partial charge in [-0.2, -0.15) is 0 Å². The van der Waals surface area contributed by atoms with E-state index in [4.69, 9.17) is 9.84 Å². The number of carboxylic acid groups (broad SMARTS) is 1. The Hall–Kier alpha value is -2.41. The summed E-state index contributed by atoms with van der Waals surface area (Å²) < 4.78 is 5.18. The van der Waals surface area contributed by atoms with Crippen LogP contribution in [0.3, 0.4) is 0 Å². The molecule has 1 amide bonds. The quantitative estimate of drug-likeness (QED) is 0.814. The molecule has 0 saturated carbocycles. The Morgan fingerprint density at radius 2 is 2.23 bits per heavy atom. The average Bonchev–Trinajstić information content (AvgIpc) is 2.95. The Labute approximate surface area is 131 Å². The molecule has 0 radical (unpaired) electrons. The second-order valence-electron chi connectivity index (χ2n) is 4.55. The molecule has 0 unspecified atom stereocenters. The number of carboxylic acids is 1. The molecule has 6 nitrogen and oxygen atoms in total. The SMILES string of the molecule is COc1cccc(-c2nc(CC(=O)NCCC(=O)O)cs2)c1. The number of carbonyl (C=O) groups excluding carboxylic acids is 1. The fraction of sp³-hybridized carbons (Fsp3) is 0.267. The van der Waals surface area contributed by atoms with Crippen LogP contribution in [0, 0.1) is 0 Å². The molecule has 1 aromatic carbocycles. The molecular weight excluding hydrogens is 304 g/mol. The molecule has 0 bridgehead atoms. The topological polar surface area (TPSA) is 88.5 Å². The number of hydrogen-bond acceptors (Lipinski definition) is 5. The maximum absolute atomic E-state index is 11.7. The number of aliphatic carboxylic acids is 1. The smallest absolute Gasteiger partial charge is 0.305 e. The summed E-state index contributed by atoms with van der Waals surface area (Å²) in [5.74, 6) is -0.418. The van der Waals surface area contributed by atoms with Crippen LogP contribution in [0.5, 0.6) is 5.75 Å². The van der Waals surface area contributed by atoms with E-state index in [1.807, 2.05) is 29.6 Å². The van der Waals surface area contributed by atoms with E-state index in [-0.39, 0.29) is 25.3 Å². The Kier molecular flexibility index (Phi) is 5.48. The van der Waals surface area contributed by atoms with Crippen molar-refractivity contribution in [2.24, 2.45) is 0 Å². The first-order valence-corrected chi connectivity index (χ1v) is 7.54. The van der Waals surface area contributed by atoms with Crippen LogP contribution in [0.1, 0.15) is 12.1 Å². The fourth-order valence-corrected chi connectivity index (χ4v) is 2.63. The van der Waals surface area contributed by atoms with E-state index in [9.17, 15) is 9.59 Å². The van der Waals surface area contributed by atoms with Gasteiger partial charge in [0, 0.05) is 17.5 Å². The number of ether oxygens (including phenoxy) is 1. The van der Waals surface area contributed by atoms with Crippen LogP contribution < -0.4 is 10.1 Å². The van der Waals surface area contributed by atoms with Crippen molar-refractivity contribution in [3.63, 3.8) is 0 Å². The lowest BCUT2D eigenvalue weighted by Crippen LogP contribution is -2.27. The number of amides is 1. The summed E-state index contributed by atoms with van der Waals surface area (Å²) >= 11 is 1.45. The zero-order valence-corrected chi connectivity index (χ0v) is 12.9. The van der Waals surface area contributed by atoms with Gasteiger partial charge in [-0.25, -0.2) is 4.98 Å². The van der Waals surface area contributed by atoms with Gasteiger partial charge in [0.25, 0.3) is 0 Å². The number of rotatable bonds is 7. The highest BCUT2D eigenvalue weighted by Crippen LogP contribution is 2.26. The predicted octanol–water partition coefficient (Wildman–Crippen LogP) is 1.95. The summed E-state index contributed by atoms with van der Waals surface area (Å²) in [5, 5.41) is 13.7. The van der Waals surface area contributed by atoms with Gasteiger partial charge in [-0.05, 0) is 12.1 Å². The lowest BCUT2D eigenvalue weighted by Gasteiger charge is -2.02. The first-order valence-electron chi connectivity index (χ1n) is 6.66. The minimum Gasteiger partial charge on any atom is -0.497 e. The molecule has 0 aliphatic carbocycles. The summed E-state index contributed by atoms with van der Waals surface area (Å²) in [5.41, 5.74) is 1.59. The molecule has 0 fully saturated rings. The maximum Gasteiger partial charge on any atom is 0.305 e. The van der Waals surface area contributed by atoms with Crippen LogP contribution in [0.15, 0.2) is 29.6 Å². The van der Waals surface area contributed by atoms with Crippen LogP contribution in [-0.4, -0.2) is 35.6 Å². The lowest BCUT2D eigenvalue weighted by molar-refractivity contribution is -0.136. The Morgan fingerprint density at radius 3 is 2.95 bits per heavy atom. The molecule has 7 heteroatoms. The number of nitrogens with zero attached hydrogens (tertiary/aromatic N) is 1. The Balaban J connectivity index is 1.96. The van der Waals surface area contributed by atoms with Crippen molar-refractivity contribution in [3.05, 3.63) is 35.3 Å². The number of carbonyl (C=O) groups is 2. The zero-order chi connectivity index (χ0) is 15.9. The molecule has 2 N–H and O–H groups in total. The van der Waals surface area contributed by atoms with Gasteiger partial charge in [-0.3, -0.25) is 9.59 Å². The van der Waals surface area contributed by atoms with Gasteiger partial charge in [0.15, 0.2) is 0 Å². The molecule has 1 heterocycles. The van der Waals surface area contributed by atoms with E-state index in [0.717, 1.165) is 16.3 Å². The van der Waals surface area contributed by atoms with Gasteiger partial charge in [0.1, 0.15) is 10.8 Å². The van der Waals surface area contributed by atoms with Crippen LogP contribution >= 0.6 is 11.3 Å². The molecule has 1 aromatic heterocycles. The second kappa shape index (κ2) is 7.56. The highest BCUT2D eigenvalue weighted by Gasteiger charge is 2.10. The number of hydrogen-bond donors (Lipinski definition) is 2.